The fourth-order valence-corrected chi connectivity index (χ4v) is 10.3. The van der Waals surface area contributed by atoms with Crippen molar-refractivity contribution >= 4 is 5.91 Å². The number of ether oxygens (including phenoxy) is 2. The summed E-state index contributed by atoms with van der Waals surface area (Å²) >= 11 is 0. The summed E-state index contributed by atoms with van der Waals surface area (Å²) < 4.78 is 11.3. The van der Waals surface area contributed by atoms with E-state index in [1.807, 2.05) is 6.08 Å². The first-order chi connectivity index (χ1) is 36.8. The fraction of sp³-hybridized carbons (Fsp3) is 0.864. The molecule has 1 amide bonds. The molecular formula is C66H123NO8. The quantitative estimate of drug-likeness (QED) is 0.0261. The Kier molecular flexibility index (Phi) is 52.6. The summed E-state index contributed by atoms with van der Waals surface area (Å²) in [5.74, 6) is -0.181. The average molecular weight is 1060 g/mol. The maximum absolute atomic E-state index is 13.1. The van der Waals surface area contributed by atoms with Crippen LogP contribution < -0.4 is 5.32 Å². The van der Waals surface area contributed by atoms with Crippen molar-refractivity contribution in [1.29, 1.82) is 0 Å². The summed E-state index contributed by atoms with van der Waals surface area (Å²) in [5.41, 5.74) is 0. The second kappa shape index (κ2) is 55.5. The predicted molar refractivity (Wildman–Crippen MR) is 318 cm³/mol. The van der Waals surface area contributed by atoms with E-state index < -0.39 is 49.5 Å². The van der Waals surface area contributed by atoms with Crippen molar-refractivity contribution in [3.8, 4) is 0 Å². The number of carbonyl (C=O) groups excluding carboxylic acids is 1. The lowest BCUT2D eigenvalue weighted by molar-refractivity contribution is -0.302. The molecule has 7 unspecified atom stereocenters. The van der Waals surface area contributed by atoms with Crippen molar-refractivity contribution < 1.29 is 39.8 Å². The van der Waals surface area contributed by atoms with Crippen LogP contribution in [0.15, 0.2) is 48.6 Å². The van der Waals surface area contributed by atoms with Gasteiger partial charge in [-0.3, -0.25) is 4.79 Å². The Hall–Kier alpha value is -1.85. The molecule has 6 N–H and O–H groups in total. The van der Waals surface area contributed by atoms with Crippen LogP contribution in [-0.4, -0.2) is 87.5 Å². The van der Waals surface area contributed by atoms with Crippen molar-refractivity contribution in [2.45, 2.75) is 352 Å². The minimum absolute atomic E-state index is 0.181. The molecule has 440 valence electrons. The van der Waals surface area contributed by atoms with Crippen molar-refractivity contribution in [2.75, 3.05) is 13.2 Å². The van der Waals surface area contributed by atoms with Crippen LogP contribution in [0.5, 0.6) is 0 Å². The molecule has 0 radical (unpaired) electrons. The number of aliphatic hydroxyl groups excluding tert-OH is 5. The number of carbonyl (C=O) groups is 1. The van der Waals surface area contributed by atoms with E-state index in [9.17, 15) is 30.3 Å². The molecule has 1 saturated heterocycles. The Morgan fingerprint density at radius 1 is 0.453 bits per heavy atom. The maximum atomic E-state index is 13.1. The molecule has 1 heterocycles. The third-order valence-electron chi connectivity index (χ3n) is 15.4. The summed E-state index contributed by atoms with van der Waals surface area (Å²) in [6, 6.07) is -0.812. The Bertz CT molecular complexity index is 1320. The lowest BCUT2D eigenvalue weighted by atomic mass is 9.99. The fourth-order valence-electron chi connectivity index (χ4n) is 10.3. The molecule has 75 heavy (non-hydrogen) atoms. The molecule has 0 aromatic rings. The van der Waals surface area contributed by atoms with E-state index in [0.717, 1.165) is 64.2 Å². The van der Waals surface area contributed by atoms with E-state index >= 15 is 0 Å². The molecule has 9 heteroatoms. The van der Waals surface area contributed by atoms with Gasteiger partial charge in [0.05, 0.1) is 25.4 Å². The summed E-state index contributed by atoms with van der Waals surface area (Å²) in [6.45, 7) is 3.80. The maximum Gasteiger partial charge on any atom is 0.220 e. The Morgan fingerprint density at radius 3 is 1.16 bits per heavy atom. The summed E-state index contributed by atoms with van der Waals surface area (Å²) in [4.78, 5) is 13.1. The molecule has 0 aromatic heterocycles. The van der Waals surface area contributed by atoms with Gasteiger partial charge in [0, 0.05) is 6.42 Å². The van der Waals surface area contributed by atoms with Crippen LogP contribution >= 0.6 is 0 Å². The molecule has 0 spiro atoms. The Labute approximate surface area is 463 Å². The SMILES string of the molecule is CCCCCCC/C=C\C/C=C\C/C=C\CCCCCCCCCCC(=O)NC(COC1OC(CO)C(O)C(O)C1O)C(O)/C=C/CCCCCCCCCCCCCCCCCCCCCCCCCCCCC. The molecule has 1 fully saturated rings. The number of amides is 1. The van der Waals surface area contributed by atoms with Gasteiger partial charge in [0.2, 0.25) is 5.91 Å². The van der Waals surface area contributed by atoms with Gasteiger partial charge in [-0.05, 0) is 57.8 Å². The minimum Gasteiger partial charge on any atom is -0.394 e. The zero-order valence-electron chi connectivity index (χ0n) is 49.1. The van der Waals surface area contributed by atoms with Gasteiger partial charge in [0.25, 0.3) is 0 Å². The average Bonchev–Trinajstić information content (AvgIpc) is 3.41. The number of allylic oxidation sites excluding steroid dienone is 7. The second-order valence-corrected chi connectivity index (χ2v) is 22.6. The van der Waals surface area contributed by atoms with Gasteiger partial charge in [-0.2, -0.15) is 0 Å². The van der Waals surface area contributed by atoms with Crippen molar-refractivity contribution in [2.24, 2.45) is 0 Å². The lowest BCUT2D eigenvalue weighted by Crippen LogP contribution is -2.60. The number of nitrogens with one attached hydrogen (secondary N) is 1. The lowest BCUT2D eigenvalue weighted by Gasteiger charge is -2.40. The topological polar surface area (TPSA) is 149 Å². The Balaban J connectivity index is 2.18. The molecule has 9 nitrogen and oxygen atoms in total. The van der Waals surface area contributed by atoms with Crippen LogP contribution in [0.25, 0.3) is 0 Å². The van der Waals surface area contributed by atoms with Gasteiger partial charge in [-0.1, -0.05) is 294 Å². The predicted octanol–water partition coefficient (Wildman–Crippen LogP) is 16.9. The van der Waals surface area contributed by atoms with E-state index in [4.69, 9.17) is 9.47 Å². The van der Waals surface area contributed by atoms with E-state index in [-0.39, 0.29) is 12.5 Å². The monoisotopic (exact) mass is 1060 g/mol. The van der Waals surface area contributed by atoms with Crippen LogP contribution in [0.3, 0.4) is 0 Å². The molecule has 0 bridgehead atoms. The highest BCUT2D eigenvalue weighted by molar-refractivity contribution is 5.76. The first-order valence-electron chi connectivity index (χ1n) is 32.4. The van der Waals surface area contributed by atoms with Gasteiger partial charge in [0.15, 0.2) is 6.29 Å². The third-order valence-corrected chi connectivity index (χ3v) is 15.4. The smallest absolute Gasteiger partial charge is 0.220 e. The molecule has 1 aliphatic heterocycles. The van der Waals surface area contributed by atoms with E-state index in [1.165, 1.54) is 225 Å². The largest absolute Gasteiger partial charge is 0.394 e. The minimum atomic E-state index is -1.57. The van der Waals surface area contributed by atoms with Gasteiger partial charge in [-0.15, -0.1) is 0 Å². The molecule has 7 atom stereocenters. The molecule has 1 rings (SSSR count). The van der Waals surface area contributed by atoms with Crippen LogP contribution in [0.2, 0.25) is 0 Å². The van der Waals surface area contributed by atoms with E-state index in [2.05, 4.69) is 55.6 Å². The highest BCUT2D eigenvalue weighted by Crippen LogP contribution is 2.23. The van der Waals surface area contributed by atoms with Gasteiger partial charge in [-0.25, -0.2) is 0 Å². The van der Waals surface area contributed by atoms with Gasteiger partial charge in [0.1, 0.15) is 24.4 Å². The second-order valence-electron chi connectivity index (χ2n) is 22.6. The molecule has 0 saturated carbocycles. The highest BCUT2D eigenvalue weighted by atomic mass is 16.7. The van der Waals surface area contributed by atoms with Crippen molar-refractivity contribution in [3.05, 3.63) is 48.6 Å². The third kappa shape index (κ3) is 44.7. The summed E-state index contributed by atoms with van der Waals surface area (Å²) in [7, 11) is 0. The number of aliphatic hydroxyl groups is 5. The van der Waals surface area contributed by atoms with E-state index in [1.54, 1.807) is 6.08 Å². The zero-order chi connectivity index (χ0) is 54.3. The molecule has 0 aromatic carbocycles. The van der Waals surface area contributed by atoms with E-state index in [0.29, 0.717) is 6.42 Å². The van der Waals surface area contributed by atoms with Crippen LogP contribution in [-0.2, 0) is 14.3 Å². The Morgan fingerprint density at radius 2 is 0.787 bits per heavy atom. The molecule has 1 aliphatic rings. The number of hydrogen-bond acceptors (Lipinski definition) is 8. The van der Waals surface area contributed by atoms with Crippen molar-refractivity contribution in [3.63, 3.8) is 0 Å². The standard InChI is InChI=1S/C66H123NO8/c1-3-5-7-9-11-13-15-17-19-21-23-25-27-28-29-30-31-32-34-35-37-39-41-43-45-47-49-51-53-55-60(69)59(58-74-66-65(73)64(72)63(71)61(57-68)75-66)67-62(70)56-54-52-50-48-46-44-42-40-38-36-33-26-24-22-20-18-16-14-12-10-8-6-4-2/h16,18,22,24,33,36,53,55,59-61,63-66,68-69,71-73H,3-15,17,19-21,23,25-32,34-35,37-52,54,56-58H2,1-2H3,(H,67,70)/b18-16-,24-22-,36-33-,55-53+. The molecular weight excluding hydrogens is 935 g/mol. The number of hydrogen-bond donors (Lipinski definition) is 6. The van der Waals surface area contributed by atoms with Crippen LogP contribution in [0.1, 0.15) is 309 Å². The highest BCUT2D eigenvalue weighted by Gasteiger charge is 2.44. The first kappa shape index (κ1) is 71.2. The normalized spacial score (nSPS) is 19.2. The first-order valence-corrected chi connectivity index (χ1v) is 32.4. The number of unbranched alkanes of at least 4 members (excludes halogenated alkanes) is 40. The summed E-state index contributed by atoms with van der Waals surface area (Å²) in [6.07, 6.45) is 67.6. The van der Waals surface area contributed by atoms with Crippen LogP contribution in [0, 0.1) is 0 Å². The van der Waals surface area contributed by atoms with Crippen LogP contribution in [0.4, 0.5) is 0 Å². The van der Waals surface area contributed by atoms with Crippen molar-refractivity contribution in [1.82, 2.24) is 5.32 Å². The van der Waals surface area contributed by atoms with Gasteiger partial charge >= 0.3 is 0 Å². The number of rotatable bonds is 56. The summed E-state index contributed by atoms with van der Waals surface area (Å²) in [5, 5.41) is 54.7. The zero-order valence-corrected chi connectivity index (χ0v) is 49.1. The molecule has 0 aliphatic carbocycles. The van der Waals surface area contributed by atoms with Gasteiger partial charge < -0.3 is 40.3 Å².